The van der Waals surface area contributed by atoms with Crippen molar-refractivity contribution in [3.8, 4) is 0 Å². The minimum absolute atomic E-state index is 0.0668. The van der Waals surface area contributed by atoms with Crippen molar-refractivity contribution in [2.75, 3.05) is 23.5 Å². The van der Waals surface area contributed by atoms with Crippen LogP contribution in [-0.2, 0) is 0 Å². The van der Waals surface area contributed by atoms with E-state index in [1.807, 2.05) is 0 Å². The summed E-state index contributed by atoms with van der Waals surface area (Å²) >= 11 is 1.70. The van der Waals surface area contributed by atoms with E-state index in [-0.39, 0.29) is 34.5 Å². The summed E-state index contributed by atoms with van der Waals surface area (Å²) in [5.74, 6) is 2.02. The van der Waals surface area contributed by atoms with Crippen molar-refractivity contribution in [2.45, 2.75) is 33.1 Å². The summed E-state index contributed by atoms with van der Waals surface area (Å²) in [6.45, 7) is 4.63. The number of nitro groups is 2. The first-order valence-electron chi connectivity index (χ1n) is 9.17. The third kappa shape index (κ3) is 3.35. The average Bonchev–Trinajstić information content (AvgIpc) is 3.01. The maximum absolute atomic E-state index is 11.3. The summed E-state index contributed by atoms with van der Waals surface area (Å²) < 4.78 is 0. The Bertz CT molecular complexity index is 828. The predicted octanol–water partition coefficient (Wildman–Crippen LogP) is 3.82. The van der Waals surface area contributed by atoms with E-state index in [0.29, 0.717) is 11.7 Å². The number of hydrazone groups is 1. The van der Waals surface area contributed by atoms with Gasteiger partial charge < -0.3 is 5.11 Å². The maximum Gasteiger partial charge on any atom is 0.301 e. The average molecular weight is 408 g/mol. The highest BCUT2D eigenvalue weighted by Crippen LogP contribution is 2.65. The number of hydrogen-bond acceptors (Lipinski definition) is 8. The third-order valence-corrected chi connectivity index (χ3v) is 7.62. The van der Waals surface area contributed by atoms with E-state index >= 15 is 0 Å². The van der Waals surface area contributed by atoms with Crippen LogP contribution >= 0.6 is 11.8 Å². The second-order valence-electron chi connectivity index (χ2n) is 7.91. The first kappa shape index (κ1) is 20.5. The number of hydrogen-bond donors (Lipinski definition) is 2. The summed E-state index contributed by atoms with van der Waals surface area (Å²) in [7, 11) is 0. The Morgan fingerprint density at radius 2 is 2.07 bits per heavy atom. The molecule has 0 radical (unpaired) electrons. The highest BCUT2D eigenvalue weighted by atomic mass is 32.2. The number of non-ortho nitro benzene ring substituents is 1. The van der Waals surface area contributed by atoms with Crippen LogP contribution in [0, 0.1) is 37.0 Å². The summed E-state index contributed by atoms with van der Waals surface area (Å²) in [5.41, 5.74) is 3.19. The van der Waals surface area contributed by atoms with Crippen molar-refractivity contribution in [2.24, 2.45) is 21.8 Å². The normalized spacial score (nSPS) is 26.5. The van der Waals surface area contributed by atoms with Crippen molar-refractivity contribution in [3.05, 3.63) is 38.4 Å². The van der Waals surface area contributed by atoms with Crippen LogP contribution in [0.5, 0.6) is 0 Å². The molecule has 1 aromatic carbocycles. The molecule has 9 nitrogen and oxygen atoms in total. The van der Waals surface area contributed by atoms with E-state index in [2.05, 4.69) is 24.4 Å². The zero-order valence-corrected chi connectivity index (χ0v) is 16.7. The zero-order valence-electron chi connectivity index (χ0n) is 15.9. The van der Waals surface area contributed by atoms with Crippen LogP contribution in [0.4, 0.5) is 17.1 Å². The number of nitrogens with zero attached hydrogens (tertiary/aromatic N) is 3. The second kappa shape index (κ2) is 7.67. The molecule has 2 fully saturated rings. The van der Waals surface area contributed by atoms with Crippen LogP contribution in [0.25, 0.3) is 0 Å². The molecule has 0 heterocycles. The molecule has 2 atom stereocenters. The van der Waals surface area contributed by atoms with E-state index in [9.17, 15) is 20.2 Å². The zero-order chi connectivity index (χ0) is 20.5. The predicted molar refractivity (Wildman–Crippen MR) is 109 cm³/mol. The molecule has 28 heavy (non-hydrogen) atoms. The number of nitro benzene ring substituents is 2. The Labute approximate surface area is 166 Å². The van der Waals surface area contributed by atoms with Crippen molar-refractivity contribution in [3.63, 3.8) is 0 Å². The highest BCUT2D eigenvalue weighted by molar-refractivity contribution is 7.99. The molecule has 2 N–H and O–H groups in total. The lowest BCUT2D eigenvalue weighted by Gasteiger charge is -2.38. The van der Waals surface area contributed by atoms with Gasteiger partial charge in [0, 0.05) is 28.7 Å². The van der Waals surface area contributed by atoms with Gasteiger partial charge in [0.05, 0.1) is 22.5 Å². The van der Waals surface area contributed by atoms with Gasteiger partial charge in [0.25, 0.3) is 5.69 Å². The second-order valence-corrected chi connectivity index (χ2v) is 9.01. The highest BCUT2D eigenvalue weighted by Gasteiger charge is 2.62. The monoisotopic (exact) mass is 408 g/mol. The van der Waals surface area contributed by atoms with Gasteiger partial charge in [0.1, 0.15) is 5.69 Å². The van der Waals surface area contributed by atoms with Crippen LogP contribution in [0.1, 0.15) is 33.1 Å². The molecule has 2 bridgehead atoms. The molecule has 0 saturated heterocycles. The van der Waals surface area contributed by atoms with E-state index in [1.165, 1.54) is 12.1 Å². The molecule has 0 unspecified atom stereocenters. The molecule has 0 amide bonds. The quantitative estimate of drug-likeness (QED) is 0.380. The van der Waals surface area contributed by atoms with Crippen LogP contribution < -0.4 is 5.43 Å². The first-order valence-corrected chi connectivity index (χ1v) is 10.3. The lowest BCUT2D eigenvalue weighted by atomic mass is 9.70. The van der Waals surface area contributed by atoms with Gasteiger partial charge in [0.2, 0.25) is 0 Å². The van der Waals surface area contributed by atoms with Crippen LogP contribution in [0.2, 0.25) is 0 Å². The van der Waals surface area contributed by atoms with Gasteiger partial charge in [0.15, 0.2) is 0 Å². The van der Waals surface area contributed by atoms with E-state index in [1.54, 1.807) is 11.8 Å². The van der Waals surface area contributed by atoms with Gasteiger partial charge in [-0.2, -0.15) is 16.9 Å². The Morgan fingerprint density at radius 1 is 1.32 bits per heavy atom. The number of fused-ring (bicyclic) bond motifs is 2. The molecular weight excluding hydrogens is 384 g/mol. The van der Waals surface area contributed by atoms with Crippen molar-refractivity contribution >= 4 is 34.5 Å². The largest absolute Gasteiger partial charge is 0.396 e. The third-order valence-electron chi connectivity index (χ3n) is 6.45. The minimum atomic E-state index is -0.658. The van der Waals surface area contributed by atoms with Crippen LogP contribution in [-0.4, -0.2) is 38.8 Å². The van der Waals surface area contributed by atoms with Crippen LogP contribution in [0.15, 0.2) is 23.3 Å². The van der Waals surface area contributed by atoms with Gasteiger partial charge in [-0.3, -0.25) is 25.7 Å². The number of nitrogens with one attached hydrogen (secondary N) is 1. The van der Waals surface area contributed by atoms with E-state index < -0.39 is 9.85 Å². The number of aliphatic hydroxyl groups excluding tert-OH is 1. The molecule has 3 rings (SSSR count). The van der Waals surface area contributed by atoms with Gasteiger partial charge in [-0.15, -0.1) is 0 Å². The number of rotatable bonds is 8. The Morgan fingerprint density at radius 3 is 2.68 bits per heavy atom. The molecule has 1 aromatic rings. The minimum Gasteiger partial charge on any atom is -0.396 e. The first-order chi connectivity index (χ1) is 13.2. The Kier molecular flexibility index (Phi) is 5.62. The fourth-order valence-corrected chi connectivity index (χ4v) is 5.91. The number of thioether (sulfide) groups is 1. The summed E-state index contributed by atoms with van der Waals surface area (Å²) in [6.07, 6.45) is 2.97. The molecule has 2 saturated carbocycles. The number of benzene rings is 1. The molecule has 0 aromatic heterocycles. The molecule has 0 aliphatic heterocycles. The summed E-state index contributed by atoms with van der Waals surface area (Å²) in [5, 5.41) is 35.9. The smallest absolute Gasteiger partial charge is 0.301 e. The summed E-state index contributed by atoms with van der Waals surface area (Å²) in [6, 6.07) is 3.50. The van der Waals surface area contributed by atoms with Gasteiger partial charge in [-0.25, -0.2) is 0 Å². The molecule has 152 valence electrons. The SMILES string of the molecule is CC1(C)[C@H]2CC[C@@]1(CSCCO)/C(=N\Nc1ccc([N+](=O)[O-])cc1[N+](=O)[O-])C2. The van der Waals surface area contributed by atoms with Gasteiger partial charge in [-0.1, -0.05) is 13.8 Å². The standard InChI is InChI=1S/C18H24N4O5S/c1-17(2)12-5-6-18(17,11-28-8-7-23)16(9-12)20-19-14-4-3-13(21(24)25)10-15(14)22(26)27/h3-4,10,12,19,23H,5-9,11H2,1-2H3/b20-16-/t12-,18+/m0/s1. The lowest BCUT2D eigenvalue weighted by Crippen LogP contribution is -2.39. The molecule has 10 heteroatoms. The van der Waals surface area contributed by atoms with Gasteiger partial charge in [-0.05, 0) is 36.7 Å². The Balaban J connectivity index is 1.89. The van der Waals surface area contributed by atoms with Crippen molar-refractivity contribution < 1.29 is 15.0 Å². The molecule has 0 spiro atoms. The number of aliphatic hydroxyl groups is 1. The molecule has 2 aliphatic carbocycles. The molecule has 2 aliphatic rings. The fourth-order valence-electron chi connectivity index (χ4n) is 4.61. The van der Waals surface area contributed by atoms with Gasteiger partial charge >= 0.3 is 5.69 Å². The lowest BCUT2D eigenvalue weighted by molar-refractivity contribution is -0.393. The van der Waals surface area contributed by atoms with E-state index in [4.69, 9.17) is 5.11 Å². The Hall–Kier alpha value is -2.20. The molecular formula is C18H24N4O5S. The fraction of sp³-hybridized carbons (Fsp3) is 0.611. The van der Waals surface area contributed by atoms with Crippen LogP contribution in [0.3, 0.4) is 0 Å². The van der Waals surface area contributed by atoms with Crippen molar-refractivity contribution in [1.29, 1.82) is 0 Å². The van der Waals surface area contributed by atoms with E-state index in [0.717, 1.165) is 36.8 Å². The number of anilines is 1. The maximum atomic E-state index is 11.3. The topological polar surface area (TPSA) is 131 Å². The van der Waals surface area contributed by atoms with Crippen molar-refractivity contribution in [1.82, 2.24) is 0 Å². The summed E-state index contributed by atoms with van der Waals surface area (Å²) in [4.78, 5) is 20.9.